The molecule has 103 heavy (non-hydrogen) atoms. The third-order valence-corrected chi connectivity index (χ3v) is 21.2. The van der Waals surface area contributed by atoms with E-state index in [2.05, 4.69) is 71.7 Å². The van der Waals surface area contributed by atoms with Crippen molar-refractivity contribution < 1.29 is 60.1 Å². The number of nitrogens with zero attached hydrogens (tertiary/aromatic N) is 10. The number of nitrogens with one attached hydrogen (secondary N) is 1. The summed E-state index contributed by atoms with van der Waals surface area (Å²) in [5.41, 5.74) is 1.20. The van der Waals surface area contributed by atoms with Crippen LogP contribution in [0.4, 0.5) is 9.59 Å². The number of carboxylic acid groups (broad SMARTS) is 1. The van der Waals surface area contributed by atoms with E-state index in [1.54, 1.807) is 48.9 Å². The molecule has 2 aliphatic carbocycles. The Morgan fingerprint density at radius 2 is 0.990 bits per heavy atom. The number of aromatic carboxylic acids is 1. The Morgan fingerprint density at radius 1 is 0.583 bits per heavy atom. The molecule has 6 aromatic heterocycles. The zero-order chi connectivity index (χ0) is 73.9. The maximum atomic E-state index is 13.0. The van der Waals surface area contributed by atoms with Crippen molar-refractivity contribution in [2.45, 2.75) is 246 Å². The Morgan fingerprint density at radius 3 is 1.35 bits per heavy atom. The monoisotopic (exact) mass is 1510 g/mol. The van der Waals surface area contributed by atoms with Crippen LogP contribution >= 0.6 is 23.2 Å². The van der Waals surface area contributed by atoms with Crippen LogP contribution in [0.5, 0.6) is 11.8 Å². The van der Waals surface area contributed by atoms with Gasteiger partial charge in [-0.1, -0.05) is 89.7 Å². The number of ether oxygens (including phenoxy) is 4. The second-order valence-corrected chi connectivity index (χ2v) is 34.8. The summed E-state index contributed by atoms with van der Waals surface area (Å²) in [5, 5.41) is 22.0. The van der Waals surface area contributed by atoms with Crippen LogP contribution in [0.15, 0.2) is 95.5 Å². The molecule has 10 rings (SSSR count). The maximum absolute atomic E-state index is 13.0. The highest BCUT2D eigenvalue weighted by atomic mass is 35.5. The van der Waals surface area contributed by atoms with Crippen molar-refractivity contribution >= 4 is 67.3 Å². The molecule has 25 nitrogen and oxygen atoms in total. The van der Waals surface area contributed by atoms with E-state index < -0.39 is 43.1 Å². The molecule has 4 aliphatic rings. The first-order chi connectivity index (χ1) is 47.2. The number of nitrogens with two attached hydrogens (primary N) is 1. The lowest BCUT2D eigenvalue weighted by Gasteiger charge is -2.33. The molecule has 3 amide bonds. The highest BCUT2D eigenvalue weighted by Gasteiger charge is 2.44. The number of aryl methyl sites for hydroxylation is 2. The molecule has 2 unspecified atom stereocenters. The third-order valence-electron chi connectivity index (χ3n) is 18.6. The van der Waals surface area contributed by atoms with Crippen LogP contribution in [-0.2, 0) is 42.4 Å². The van der Waals surface area contributed by atoms with Crippen molar-refractivity contribution in [3.05, 3.63) is 118 Å². The van der Waals surface area contributed by atoms with Crippen molar-refractivity contribution in [3.63, 3.8) is 0 Å². The van der Waals surface area contributed by atoms with Gasteiger partial charge in [-0.3, -0.25) is 4.79 Å². The summed E-state index contributed by atoms with van der Waals surface area (Å²) in [7, 11) is -7.99. The minimum Gasteiger partial charge on any atom is -0.478 e. The van der Waals surface area contributed by atoms with E-state index in [9.17, 15) is 36.0 Å². The lowest BCUT2D eigenvalue weighted by atomic mass is 9.92. The predicted octanol–water partition coefficient (Wildman–Crippen LogP) is 15.5. The lowest BCUT2D eigenvalue weighted by molar-refractivity contribution is 0.0118. The number of hydrogen-bond donors (Lipinski definition) is 3. The molecule has 0 bridgehead atoms. The molecule has 2 saturated heterocycles. The summed E-state index contributed by atoms with van der Waals surface area (Å²) in [6, 6.07) is 15.7. The maximum Gasteiger partial charge on any atom is 0.410 e. The van der Waals surface area contributed by atoms with Gasteiger partial charge in [0.1, 0.15) is 21.5 Å². The topological polar surface area (TPSA) is 325 Å². The van der Waals surface area contributed by atoms with E-state index in [-0.39, 0.29) is 69.6 Å². The first kappa shape index (κ1) is 84.5. The first-order valence-electron chi connectivity index (χ1n) is 34.6. The minimum atomic E-state index is -4.25. The van der Waals surface area contributed by atoms with Gasteiger partial charge in [0, 0.05) is 61.1 Å². The van der Waals surface area contributed by atoms with Gasteiger partial charge in [-0.25, -0.2) is 62.0 Å². The molecular formula is C74H108Cl2N12O13S2. The van der Waals surface area contributed by atoms with E-state index in [4.69, 9.17) is 52.4 Å². The number of pyridine rings is 4. The highest BCUT2D eigenvalue weighted by Crippen LogP contribution is 2.49. The molecule has 0 radical (unpaired) electrons. The van der Waals surface area contributed by atoms with Crippen molar-refractivity contribution in [1.82, 2.24) is 54.0 Å². The standard InChI is InChI=1S/C36H49ClN6O6S.C21H35N3O4S.C15H16ClN3O3.2CH4/c1-34(2,3)49-33(45)42-24-26(22-35(42,4)5)11-9-7-8-10-25-12-15-30(38-23-25)50(46,47)41-32(44)27-13-14-28(39-31(27)37)43-20-16-29(40-43)48-21-19-36(6)17-18-36;1-20(2,3)28-19(25)24-15-17(13-21(24,4)5)10-8-6-7-9-16-11-12-18(23-14-16)29(22,26)27;1-15(5-6-15)7-9-22-12-4-8-19(18-12)11-3-2-10(14(20)21)13(16)17-11;;/h12-16,20,23,26H,7-11,17-19,21-22,24H2,1-6H3,(H,41,44);11-12,14,17H,6-10,13,15H2,1-5H3,(H2,22,26,27);2-4,8H,5-7,9H2,1H3,(H,20,21);2*1H4. The molecule has 4 N–H and O–H groups in total. The number of likely N-dealkylation sites (tertiary alicyclic amines) is 2. The zero-order valence-electron chi connectivity index (χ0n) is 60.3. The number of unbranched alkanes of at least 4 members (excludes halogenated alkanes) is 4. The summed E-state index contributed by atoms with van der Waals surface area (Å²) in [4.78, 5) is 69.0. The van der Waals surface area contributed by atoms with Gasteiger partial charge in [0.15, 0.2) is 21.7 Å². The van der Waals surface area contributed by atoms with Gasteiger partial charge in [-0.15, -0.1) is 10.2 Å². The highest BCUT2D eigenvalue weighted by molar-refractivity contribution is 7.90. The summed E-state index contributed by atoms with van der Waals surface area (Å²) in [6.07, 6.45) is 24.8. The Hall–Kier alpha value is -7.46. The second kappa shape index (κ2) is 35.1. The molecule has 29 heteroatoms. The number of amides is 3. The lowest BCUT2D eigenvalue weighted by Crippen LogP contribution is -2.45. The molecule has 568 valence electrons. The molecule has 6 aromatic rings. The number of rotatable bonds is 27. The molecule has 0 spiro atoms. The van der Waals surface area contributed by atoms with Gasteiger partial charge in [0.25, 0.3) is 26.0 Å². The van der Waals surface area contributed by atoms with E-state index in [0.717, 1.165) is 108 Å². The molecule has 2 aliphatic heterocycles. The van der Waals surface area contributed by atoms with E-state index >= 15 is 0 Å². The van der Waals surface area contributed by atoms with Gasteiger partial charge in [0.2, 0.25) is 11.8 Å². The molecule has 8 heterocycles. The van der Waals surface area contributed by atoms with Crippen molar-refractivity contribution in [2.24, 2.45) is 27.8 Å². The average molecular weight is 1510 g/mol. The normalized spacial score (nSPS) is 17.6. The van der Waals surface area contributed by atoms with E-state index in [0.29, 0.717) is 65.8 Å². The number of carbonyl (C=O) groups excluding carboxylic acids is 3. The number of halogens is 2. The van der Waals surface area contributed by atoms with Crippen LogP contribution in [0.1, 0.15) is 233 Å². The Bertz CT molecular complexity index is 4070. The molecule has 0 aromatic carbocycles. The fraction of sp³-hybridized carbons (Fsp3) is 0.595. The van der Waals surface area contributed by atoms with Gasteiger partial charge >= 0.3 is 18.2 Å². The largest absolute Gasteiger partial charge is 0.478 e. The quantitative estimate of drug-likeness (QED) is 0.0319. The van der Waals surface area contributed by atoms with Crippen molar-refractivity contribution in [2.75, 3.05) is 26.3 Å². The van der Waals surface area contributed by atoms with Gasteiger partial charge in [0.05, 0.1) is 24.3 Å². The summed E-state index contributed by atoms with van der Waals surface area (Å²) in [6.45, 7) is 26.9. The summed E-state index contributed by atoms with van der Waals surface area (Å²) < 4.78 is 76.0. The van der Waals surface area contributed by atoms with Gasteiger partial charge < -0.3 is 33.9 Å². The van der Waals surface area contributed by atoms with Gasteiger partial charge in [-0.2, -0.15) is 8.42 Å². The number of primary sulfonamides is 1. The fourth-order valence-electron chi connectivity index (χ4n) is 12.2. The predicted molar refractivity (Wildman–Crippen MR) is 397 cm³/mol. The molecular weight excluding hydrogens is 1400 g/mol. The number of carbonyl (C=O) groups is 4. The first-order valence-corrected chi connectivity index (χ1v) is 38.4. The number of carboxylic acids is 1. The SMILES string of the molecule is C.C.CC(C)(C)OC(=O)N1CC(CCCCCc2ccc(S(N)(=O)=O)nc2)CC1(C)C.CC1(CCOc2ccn(-c3ccc(C(=O)NS(=O)(=O)c4ccc(CCCCCC5CN(C(=O)OC(C)(C)C)C(C)(C)C5)cn4)c(Cl)n3)n2)CC1.CC1(CCOc2ccn(-c3ccc(C(=O)O)c(Cl)n3)n2)CC1. The minimum absolute atomic E-state index is 0. The summed E-state index contributed by atoms with van der Waals surface area (Å²) in [5.74, 6) is 0.661. The Balaban J connectivity index is 0.000000265. The van der Waals surface area contributed by atoms with Crippen LogP contribution in [0.2, 0.25) is 10.3 Å². The van der Waals surface area contributed by atoms with Gasteiger partial charge in [-0.05, 0) is 229 Å². The van der Waals surface area contributed by atoms with Crippen LogP contribution in [-0.4, -0.2) is 144 Å². The van der Waals surface area contributed by atoms with Crippen molar-refractivity contribution in [3.8, 4) is 23.4 Å². The fourth-order valence-corrected chi connectivity index (χ4v) is 14.0. The van der Waals surface area contributed by atoms with Crippen LogP contribution in [0.3, 0.4) is 0 Å². The number of hydrogen-bond acceptors (Lipinski definition) is 18. The second-order valence-electron chi connectivity index (χ2n) is 31.0. The molecule has 2 atom stereocenters. The van der Waals surface area contributed by atoms with Crippen molar-refractivity contribution in [1.29, 1.82) is 0 Å². The number of sulfonamides is 2. The third kappa shape index (κ3) is 25.7. The summed E-state index contributed by atoms with van der Waals surface area (Å²) >= 11 is 12.2. The van der Waals surface area contributed by atoms with E-state index in [1.807, 2.05) is 56.1 Å². The van der Waals surface area contributed by atoms with Crippen LogP contribution in [0.25, 0.3) is 11.6 Å². The van der Waals surface area contributed by atoms with E-state index in [1.165, 1.54) is 71.6 Å². The molecule has 2 saturated carbocycles. The van der Waals surface area contributed by atoms with Crippen LogP contribution in [0, 0.1) is 22.7 Å². The zero-order valence-corrected chi connectivity index (χ0v) is 63.4. The number of aromatic nitrogens is 8. The molecule has 4 fully saturated rings. The smallest absolute Gasteiger partial charge is 0.410 e. The Labute approximate surface area is 619 Å². The van der Waals surface area contributed by atoms with Crippen LogP contribution < -0.4 is 19.3 Å². The Kier molecular flexibility index (Phi) is 28.8. The average Bonchev–Trinajstić information content (AvgIpc) is 1.72.